The normalized spacial score (nSPS) is 25.1. The van der Waals surface area contributed by atoms with Gasteiger partial charge in [-0.3, -0.25) is 20.2 Å². The zero-order chi connectivity index (χ0) is 11.6. The Balaban J connectivity index is 2.99. The van der Waals surface area contributed by atoms with E-state index in [2.05, 4.69) is 0 Å². The highest BCUT2D eigenvalue weighted by molar-refractivity contribution is 5.22. The van der Waals surface area contributed by atoms with Crippen LogP contribution in [0.15, 0.2) is 23.9 Å². The Morgan fingerprint density at radius 2 is 2.00 bits per heavy atom. The van der Waals surface area contributed by atoms with E-state index in [0.717, 1.165) is 0 Å². The van der Waals surface area contributed by atoms with Crippen molar-refractivity contribution in [3.8, 4) is 0 Å². The topological polar surface area (TPSA) is 89.5 Å². The number of rotatable bonds is 3. The molecular formula is C8H11N3O4. The van der Waals surface area contributed by atoms with E-state index >= 15 is 0 Å². The van der Waals surface area contributed by atoms with Gasteiger partial charge in [-0.05, 0) is 14.1 Å². The van der Waals surface area contributed by atoms with Crippen molar-refractivity contribution in [3.63, 3.8) is 0 Å². The smallest absolute Gasteiger partial charge is 0.262 e. The molecule has 0 spiro atoms. The quantitative estimate of drug-likeness (QED) is 0.390. The van der Waals surface area contributed by atoms with Crippen molar-refractivity contribution < 1.29 is 9.85 Å². The minimum Gasteiger partial charge on any atom is -0.262 e. The molecule has 0 amide bonds. The molecular weight excluding hydrogens is 202 g/mol. The highest BCUT2D eigenvalue weighted by atomic mass is 16.6. The molecule has 0 aromatic heterocycles. The van der Waals surface area contributed by atoms with E-state index in [1.807, 2.05) is 0 Å². The molecule has 1 atom stereocenters. The second-order valence-corrected chi connectivity index (χ2v) is 3.45. The van der Waals surface area contributed by atoms with Crippen LogP contribution >= 0.6 is 0 Å². The minimum atomic E-state index is -1.36. The average Bonchev–Trinajstić information content (AvgIpc) is 2.17. The summed E-state index contributed by atoms with van der Waals surface area (Å²) in [5, 5.41) is 21.3. The third kappa shape index (κ3) is 1.86. The van der Waals surface area contributed by atoms with Crippen LogP contribution in [0.3, 0.4) is 0 Å². The van der Waals surface area contributed by atoms with Crippen LogP contribution in [0, 0.1) is 20.2 Å². The van der Waals surface area contributed by atoms with Gasteiger partial charge in [0.05, 0.1) is 11.3 Å². The summed E-state index contributed by atoms with van der Waals surface area (Å²) in [4.78, 5) is 21.7. The first-order valence-corrected chi connectivity index (χ1v) is 4.26. The summed E-state index contributed by atoms with van der Waals surface area (Å²) in [5.41, 5.74) is -1.46. The van der Waals surface area contributed by atoms with E-state index in [1.54, 1.807) is 14.1 Å². The van der Waals surface area contributed by atoms with E-state index in [1.165, 1.54) is 23.1 Å². The SMILES string of the molecule is CN(C)C1([N+](=O)[O-])C=CC([N+](=O)[O-])=CC1. The summed E-state index contributed by atoms with van der Waals surface area (Å²) in [5.74, 6) is 0. The van der Waals surface area contributed by atoms with Crippen molar-refractivity contribution in [3.05, 3.63) is 44.2 Å². The van der Waals surface area contributed by atoms with Crippen LogP contribution in [0.4, 0.5) is 0 Å². The first-order valence-electron chi connectivity index (χ1n) is 4.26. The fourth-order valence-electron chi connectivity index (χ4n) is 1.38. The third-order valence-corrected chi connectivity index (χ3v) is 2.43. The van der Waals surface area contributed by atoms with Crippen molar-refractivity contribution >= 4 is 0 Å². The van der Waals surface area contributed by atoms with Gasteiger partial charge in [-0.2, -0.15) is 0 Å². The zero-order valence-electron chi connectivity index (χ0n) is 8.41. The molecule has 0 radical (unpaired) electrons. The molecule has 15 heavy (non-hydrogen) atoms. The number of hydrogen-bond donors (Lipinski definition) is 0. The molecule has 1 unspecified atom stereocenters. The summed E-state index contributed by atoms with van der Waals surface area (Å²) >= 11 is 0. The molecule has 0 aliphatic heterocycles. The lowest BCUT2D eigenvalue weighted by Crippen LogP contribution is -2.49. The van der Waals surface area contributed by atoms with Gasteiger partial charge in [-0.1, -0.05) is 0 Å². The second-order valence-electron chi connectivity index (χ2n) is 3.45. The van der Waals surface area contributed by atoms with Crippen LogP contribution in [0.25, 0.3) is 0 Å². The highest BCUT2D eigenvalue weighted by Crippen LogP contribution is 2.26. The van der Waals surface area contributed by atoms with Gasteiger partial charge in [-0.15, -0.1) is 0 Å². The Bertz CT molecular complexity index is 361. The molecule has 1 aliphatic rings. The van der Waals surface area contributed by atoms with Crippen LogP contribution < -0.4 is 0 Å². The number of nitro groups is 2. The molecule has 0 N–H and O–H groups in total. The third-order valence-electron chi connectivity index (χ3n) is 2.43. The standard InChI is InChI=1S/C8H11N3O4/c1-9(2)8(11(14)15)5-3-7(4-6-8)10(12)13/h3-5H,6H2,1-2H3. The number of nitrogens with zero attached hydrogens (tertiary/aromatic N) is 3. The molecule has 0 bridgehead atoms. The van der Waals surface area contributed by atoms with Crippen molar-refractivity contribution in [2.45, 2.75) is 12.1 Å². The Morgan fingerprint density at radius 1 is 1.40 bits per heavy atom. The molecule has 82 valence electrons. The lowest BCUT2D eigenvalue weighted by molar-refractivity contribution is -0.583. The van der Waals surface area contributed by atoms with Gasteiger partial charge in [0.2, 0.25) is 0 Å². The Hall–Kier alpha value is -1.76. The van der Waals surface area contributed by atoms with Gasteiger partial charge in [-0.25, -0.2) is 4.90 Å². The van der Waals surface area contributed by atoms with Crippen molar-refractivity contribution in [1.82, 2.24) is 4.90 Å². The molecule has 0 saturated carbocycles. The number of hydrogen-bond acceptors (Lipinski definition) is 5. The van der Waals surface area contributed by atoms with Crippen LogP contribution in [0.5, 0.6) is 0 Å². The van der Waals surface area contributed by atoms with Crippen LogP contribution in [0.2, 0.25) is 0 Å². The molecule has 7 nitrogen and oxygen atoms in total. The van der Waals surface area contributed by atoms with E-state index in [4.69, 9.17) is 0 Å². The minimum absolute atomic E-state index is 0.000185. The van der Waals surface area contributed by atoms with Crippen molar-refractivity contribution in [1.29, 1.82) is 0 Å². The molecule has 0 saturated heterocycles. The lowest BCUT2D eigenvalue weighted by Gasteiger charge is -2.28. The predicted octanol–water partition coefficient (Wildman–Crippen LogP) is 0.642. The predicted molar refractivity (Wildman–Crippen MR) is 52.2 cm³/mol. The molecule has 0 aromatic rings. The van der Waals surface area contributed by atoms with Crippen molar-refractivity contribution in [2.24, 2.45) is 0 Å². The first kappa shape index (κ1) is 11.3. The summed E-state index contributed by atoms with van der Waals surface area (Å²) in [6.45, 7) is 0. The van der Waals surface area contributed by atoms with E-state index in [-0.39, 0.29) is 12.1 Å². The summed E-state index contributed by atoms with van der Waals surface area (Å²) in [7, 11) is 3.14. The Kier molecular flexibility index (Phi) is 2.85. The largest absolute Gasteiger partial charge is 0.300 e. The Morgan fingerprint density at radius 3 is 2.27 bits per heavy atom. The second kappa shape index (κ2) is 3.77. The first-order chi connectivity index (χ1) is 6.90. The van der Waals surface area contributed by atoms with Gasteiger partial charge in [0, 0.05) is 23.2 Å². The van der Waals surface area contributed by atoms with E-state index in [0.29, 0.717) is 0 Å². The summed E-state index contributed by atoms with van der Waals surface area (Å²) in [6.07, 6.45) is 3.69. The molecule has 1 rings (SSSR count). The molecule has 0 aromatic carbocycles. The summed E-state index contributed by atoms with van der Waals surface area (Å²) < 4.78 is 0. The van der Waals surface area contributed by atoms with Crippen LogP contribution in [0.1, 0.15) is 6.42 Å². The highest BCUT2D eigenvalue weighted by Gasteiger charge is 2.44. The van der Waals surface area contributed by atoms with Gasteiger partial charge < -0.3 is 0 Å². The van der Waals surface area contributed by atoms with Gasteiger partial charge in [0.1, 0.15) is 0 Å². The average molecular weight is 213 g/mol. The maximum Gasteiger partial charge on any atom is 0.300 e. The fourth-order valence-corrected chi connectivity index (χ4v) is 1.38. The Labute approximate surface area is 86.0 Å². The monoisotopic (exact) mass is 213 g/mol. The van der Waals surface area contributed by atoms with Gasteiger partial charge in [0.15, 0.2) is 0 Å². The zero-order valence-corrected chi connectivity index (χ0v) is 8.41. The maximum atomic E-state index is 10.9. The lowest BCUT2D eigenvalue weighted by atomic mass is 9.99. The van der Waals surface area contributed by atoms with Gasteiger partial charge >= 0.3 is 0 Å². The molecule has 0 fully saturated rings. The van der Waals surface area contributed by atoms with E-state index in [9.17, 15) is 20.2 Å². The maximum absolute atomic E-state index is 10.9. The van der Waals surface area contributed by atoms with Gasteiger partial charge in [0.25, 0.3) is 11.4 Å². The van der Waals surface area contributed by atoms with Crippen LogP contribution in [-0.4, -0.2) is 34.5 Å². The van der Waals surface area contributed by atoms with Crippen molar-refractivity contribution in [2.75, 3.05) is 14.1 Å². The summed E-state index contributed by atoms with van der Waals surface area (Å²) in [6, 6.07) is 0. The molecule has 7 heteroatoms. The number of likely N-dealkylation sites (N-methyl/N-ethyl adjacent to an activating group) is 1. The fraction of sp³-hybridized carbons (Fsp3) is 0.500. The van der Waals surface area contributed by atoms with Crippen LogP contribution in [-0.2, 0) is 0 Å². The molecule has 0 heterocycles. The number of allylic oxidation sites excluding steroid dienone is 1. The molecule has 1 aliphatic carbocycles. The van der Waals surface area contributed by atoms with E-state index < -0.39 is 15.5 Å².